The molecule has 1 N–H and O–H groups in total. The van der Waals surface area contributed by atoms with Gasteiger partial charge in [-0.1, -0.05) is 33.3 Å². The van der Waals surface area contributed by atoms with Crippen LogP contribution in [0.4, 0.5) is 5.13 Å². The van der Waals surface area contributed by atoms with Crippen molar-refractivity contribution in [1.29, 1.82) is 0 Å². The third kappa shape index (κ3) is 3.15. The summed E-state index contributed by atoms with van der Waals surface area (Å²) in [7, 11) is 0. The van der Waals surface area contributed by atoms with E-state index in [-0.39, 0.29) is 5.91 Å². The fourth-order valence-electron chi connectivity index (χ4n) is 1.64. The van der Waals surface area contributed by atoms with Crippen LogP contribution in [0.1, 0.15) is 4.88 Å². The van der Waals surface area contributed by atoms with E-state index in [2.05, 4.69) is 26.2 Å². The molecule has 20 heavy (non-hydrogen) atoms. The lowest BCUT2D eigenvalue weighted by molar-refractivity contribution is -0.111. The molecule has 0 saturated carbocycles. The van der Waals surface area contributed by atoms with E-state index in [4.69, 9.17) is 0 Å². The van der Waals surface area contributed by atoms with Gasteiger partial charge in [-0.15, -0.1) is 11.3 Å². The molecule has 0 bridgehead atoms. The van der Waals surface area contributed by atoms with Crippen LogP contribution in [-0.4, -0.2) is 10.9 Å². The van der Waals surface area contributed by atoms with Crippen molar-refractivity contribution in [2.45, 2.75) is 0 Å². The Labute approximate surface area is 132 Å². The Hall–Kier alpha value is -1.50. The van der Waals surface area contributed by atoms with Gasteiger partial charge in [0, 0.05) is 15.4 Å². The number of nitrogens with one attached hydrogen (secondary N) is 1. The van der Waals surface area contributed by atoms with Crippen LogP contribution >= 0.6 is 38.6 Å². The highest BCUT2D eigenvalue weighted by molar-refractivity contribution is 9.10. The third-order valence-electron chi connectivity index (χ3n) is 2.52. The van der Waals surface area contributed by atoms with Crippen LogP contribution in [0.25, 0.3) is 16.3 Å². The summed E-state index contributed by atoms with van der Waals surface area (Å²) < 4.78 is 2.04. The summed E-state index contributed by atoms with van der Waals surface area (Å²) in [5.74, 6) is -0.170. The molecular formula is C14H9BrN2OS2. The van der Waals surface area contributed by atoms with Crippen molar-refractivity contribution in [2.24, 2.45) is 0 Å². The number of amides is 1. The number of benzene rings is 1. The molecule has 0 aliphatic heterocycles. The number of aromatic nitrogens is 1. The highest BCUT2D eigenvalue weighted by atomic mass is 79.9. The minimum Gasteiger partial charge on any atom is -0.298 e. The van der Waals surface area contributed by atoms with Gasteiger partial charge < -0.3 is 0 Å². The summed E-state index contributed by atoms with van der Waals surface area (Å²) in [6.45, 7) is 0. The van der Waals surface area contributed by atoms with Gasteiger partial charge in [0.2, 0.25) is 5.91 Å². The number of thiophene rings is 1. The zero-order valence-electron chi connectivity index (χ0n) is 10.2. The van der Waals surface area contributed by atoms with Gasteiger partial charge in [0.25, 0.3) is 0 Å². The number of rotatable bonds is 3. The Kier molecular flexibility index (Phi) is 3.95. The van der Waals surface area contributed by atoms with E-state index in [1.165, 1.54) is 17.4 Å². The molecule has 0 atom stereocenters. The number of carbonyl (C=O) groups is 1. The summed E-state index contributed by atoms with van der Waals surface area (Å²) in [4.78, 5) is 17.2. The molecule has 2 heterocycles. The highest BCUT2D eigenvalue weighted by Crippen LogP contribution is 2.28. The number of carbonyl (C=O) groups excluding carboxylic acids is 1. The average Bonchev–Trinajstić information content (AvgIpc) is 3.04. The first kappa shape index (κ1) is 13.5. The lowest BCUT2D eigenvalue weighted by Gasteiger charge is -1.94. The van der Waals surface area contributed by atoms with E-state index in [0.29, 0.717) is 5.13 Å². The second kappa shape index (κ2) is 5.87. The monoisotopic (exact) mass is 364 g/mol. The standard InChI is InChI=1S/C14H9BrN2OS2/c15-9-3-5-11-12(8-9)20-14(16-11)17-13(18)6-4-10-2-1-7-19-10/h1-8H,(H,16,17,18). The van der Waals surface area contributed by atoms with Crippen molar-refractivity contribution in [2.75, 3.05) is 5.32 Å². The number of fused-ring (bicyclic) bond motifs is 1. The summed E-state index contributed by atoms with van der Waals surface area (Å²) >= 11 is 6.47. The molecule has 0 radical (unpaired) electrons. The van der Waals surface area contributed by atoms with Gasteiger partial charge in [0.15, 0.2) is 5.13 Å². The van der Waals surface area contributed by atoms with Crippen LogP contribution in [0.15, 0.2) is 46.3 Å². The zero-order chi connectivity index (χ0) is 13.9. The molecule has 0 unspecified atom stereocenters. The number of halogens is 1. The SMILES string of the molecule is O=C(C=Cc1cccs1)Nc1nc2ccc(Br)cc2s1. The number of nitrogens with zero attached hydrogens (tertiary/aromatic N) is 1. The van der Waals surface area contributed by atoms with E-state index in [0.717, 1.165) is 19.6 Å². The number of anilines is 1. The fourth-order valence-corrected chi connectivity index (χ4v) is 3.68. The minimum atomic E-state index is -0.170. The topological polar surface area (TPSA) is 42.0 Å². The molecule has 1 amide bonds. The van der Waals surface area contributed by atoms with Gasteiger partial charge >= 0.3 is 0 Å². The normalized spacial score (nSPS) is 11.2. The molecule has 3 rings (SSSR count). The van der Waals surface area contributed by atoms with Crippen LogP contribution in [0.5, 0.6) is 0 Å². The second-order valence-electron chi connectivity index (χ2n) is 3.97. The molecule has 1 aromatic carbocycles. The van der Waals surface area contributed by atoms with E-state index < -0.39 is 0 Å². The average molecular weight is 365 g/mol. The maximum atomic E-state index is 11.8. The molecule has 6 heteroatoms. The molecule has 0 aliphatic rings. The zero-order valence-corrected chi connectivity index (χ0v) is 13.4. The number of thiazole rings is 1. The van der Waals surface area contributed by atoms with E-state index in [1.807, 2.05) is 35.7 Å². The Morgan fingerprint density at radius 1 is 1.35 bits per heavy atom. The third-order valence-corrected chi connectivity index (χ3v) is 4.79. The molecule has 0 saturated heterocycles. The van der Waals surface area contributed by atoms with Crippen molar-refractivity contribution in [1.82, 2.24) is 4.98 Å². The minimum absolute atomic E-state index is 0.170. The van der Waals surface area contributed by atoms with Gasteiger partial charge in [-0.2, -0.15) is 0 Å². The summed E-state index contributed by atoms with van der Waals surface area (Å²) in [5, 5.41) is 5.37. The lowest BCUT2D eigenvalue weighted by atomic mass is 10.3. The van der Waals surface area contributed by atoms with Gasteiger partial charge in [-0.05, 0) is 35.7 Å². The quantitative estimate of drug-likeness (QED) is 0.680. The van der Waals surface area contributed by atoms with Crippen molar-refractivity contribution in [3.05, 3.63) is 51.1 Å². The van der Waals surface area contributed by atoms with Crippen LogP contribution in [0, 0.1) is 0 Å². The van der Waals surface area contributed by atoms with Crippen molar-refractivity contribution in [3.8, 4) is 0 Å². The first-order valence-electron chi connectivity index (χ1n) is 5.79. The maximum absolute atomic E-state index is 11.8. The van der Waals surface area contributed by atoms with Crippen LogP contribution in [0.3, 0.4) is 0 Å². The summed E-state index contributed by atoms with van der Waals surface area (Å²) in [5.41, 5.74) is 0.885. The fraction of sp³-hybridized carbons (Fsp3) is 0. The molecule has 0 fully saturated rings. The van der Waals surface area contributed by atoms with Crippen LogP contribution in [0.2, 0.25) is 0 Å². The molecule has 3 nitrogen and oxygen atoms in total. The van der Waals surface area contributed by atoms with Crippen LogP contribution in [-0.2, 0) is 4.79 Å². The van der Waals surface area contributed by atoms with E-state index in [9.17, 15) is 4.79 Å². The maximum Gasteiger partial charge on any atom is 0.250 e. The molecule has 0 aliphatic carbocycles. The largest absolute Gasteiger partial charge is 0.298 e. The number of hydrogen-bond donors (Lipinski definition) is 1. The Bertz CT molecular complexity index is 778. The molecule has 100 valence electrons. The van der Waals surface area contributed by atoms with Crippen molar-refractivity contribution >= 4 is 65.9 Å². The second-order valence-corrected chi connectivity index (χ2v) is 6.89. The summed E-state index contributed by atoms with van der Waals surface area (Å²) in [6.07, 6.45) is 3.32. The van der Waals surface area contributed by atoms with E-state index >= 15 is 0 Å². The van der Waals surface area contributed by atoms with Crippen LogP contribution < -0.4 is 5.32 Å². The first-order valence-corrected chi connectivity index (χ1v) is 8.28. The predicted octanol–water partition coefficient (Wildman–Crippen LogP) is 4.77. The van der Waals surface area contributed by atoms with Crippen molar-refractivity contribution < 1.29 is 4.79 Å². The molecule has 0 spiro atoms. The highest BCUT2D eigenvalue weighted by Gasteiger charge is 2.06. The Morgan fingerprint density at radius 3 is 3.05 bits per heavy atom. The van der Waals surface area contributed by atoms with Gasteiger partial charge in [-0.25, -0.2) is 4.98 Å². The first-order chi connectivity index (χ1) is 9.70. The number of hydrogen-bond acceptors (Lipinski definition) is 4. The molecule has 2 aromatic heterocycles. The van der Waals surface area contributed by atoms with Crippen molar-refractivity contribution in [3.63, 3.8) is 0 Å². The Morgan fingerprint density at radius 2 is 2.25 bits per heavy atom. The molecular weight excluding hydrogens is 356 g/mol. The summed E-state index contributed by atoms with van der Waals surface area (Å²) in [6, 6.07) is 9.76. The van der Waals surface area contributed by atoms with Gasteiger partial charge in [0.1, 0.15) is 0 Å². The molecule has 3 aromatic rings. The smallest absolute Gasteiger partial charge is 0.250 e. The van der Waals surface area contributed by atoms with Gasteiger partial charge in [0.05, 0.1) is 10.2 Å². The van der Waals surface area contributed by atoms with E-state index in [1.54, 1.807) is 17.4 Å². The predicted molar refractivity (Wildman–Crippen MR) is 89.3 cm³/mol. The lowest BCUT2D eigenvalue weighted by Crippen LogP contribution is -2.06. The Balaban J connectivity index is 1.74. The van der Waals surface area contributed by atoms with Gasteiger partial charge in [-0.3, -0.25) is 10.1 Å².